The highest BCUT2D eigenvalue weighted by Gasteiger charge is 2.41. The molecule has 3 aromatic heterocycles. The first-order valence-corrected chi connectivity index (χ1v) is 9.75. The van der Waals surface area contributed by atoms with Crippen molar-refractivity contribution in [3.05, 3.63) is 83.7 Å². The van der Waals surface area contributed by atoms with Crippen molar-refractivity contribution in [2.45, 2.75) is 24.9 Å². The van der Waals surface area contributed by atoms with Crippen molar-refractivity contribution in [2.24, 2.45) is 0 Å². The van der Waals surface area contributed by atoms with Crippen LogP contribution in [0.25, 0.3) is 17.3 Å². The first-order valence-electron chi connectivity index (χ1n) is 9.75. The summed E-state index contributed by atoms with van der Waals surface area (Å²) in [5.74, 6) is -0.713. The number of methoxy groups -OCH3 is 1. The maximum atomic E-state index is 14.5. The maximum absolute atomic E-state index is 14.5. The highest BCUT2D eigenvalue weighted by atomic mass is 19.2. The summed E-state index contributed by atoms with van der Waals surface area (Å²) in [5, 5.41) is 4.14. The minimum absolute atomic E-state index is 0.0604. The Balaban J connectivity index is 1.38. The molecule has 1 saturated carbocycles. The zero-order valence-corrected chi connectivity index (χ0v) is 16.6. The van der Waals surface area contributed by atoms with Crippen molar-refractivity contribution in [1.82, 2.24) is 29.7 Å². The van der Waals surface area contributed by atoms with E-state index < -0.39 is 11.6 Å². The number of ether oxygens (including phenoxy) is 1. The topological polar surface area (TPSA) is 78.6 Å². The highest BCUT2D eigenvalue weighted by molar-refractivity contribution is 5.45. The van der Waals surface area contributed by atoms with E-state index in [0.717, 1.165) is 23.1 Å². The Morgan fingerprint density at radius 2 is 1.68 bits per heavy atom. The molecule has 7 nitrogen and oxygen atoms in total. The molecule has 1 aromatic carbocycles. The number of hydrogen-bond donors (Lipinski definition) is 0. The van der Waals surface area contributed by atoms with E-state index in [0.29, 0.717) is 18.3 Å². The minimum atomic E-state index is -0.927. The van der Waals surface area contributed by atoms with E-state index in [9.17, 15) is 8.78 Å². The summed E-state index contributed by atoms with van der Waals surface area (Å²) < 4.78 is 35.2. The number of halogens is 2. The predicted molar refractivity (Wildman–Crippen MR) is 107 cm³/mol. The van der Waals surface area contributed by atoms with E-state index in [1.54, 1.807) is 56.4 Å². The lowest BCUT2D eigenvalue weighted by atomic mass is 10.1. The summed E-state index contributed by atoms with van der Waals surface area (Å²) >= 11 is 0. The normalized spacial score (nSPS) is 17.6. The Morgan fingerprint density at radius 3 is 2.42 bits per heavy atom. The largest absolute Gasteiger partial charge is 0.380 e. The van der Waals surface area contributed by atoms with Crippen LogP contribution in [0.2, 0.25) is 0 Å². The number of aromatic nitrogens is 6. The molecule has 5 rings (SSSR count). The maximum Gasteiger partial charge on any atom is 0.197 e. The van der Waals surface area contributed by atoms with Gasteiger partial charge in [0.25, 0.3) is 0 Å². The van der Waals surface area contributed by atoms with E-state index in [1.807, 2.05) is 0 Å². The van der Waals surface area contributed by atoms with Crippen LogP contribution in [0.4, 0.5) is 8.78 Å². The number of nitrogens with zero attached hydrogens (tertiary/aromatic N) is 6. The monoisotopic (exact) mass is 420 g/mol. The molecule has 0 saturated heterocycles. The second kappa shape index (κ2) is 7.92. The Kier molecular flexibility index (Phi) is 4.95. The third-order valence-electron chi connectivity index (χ3n) is 5.31. The molecule has 1 aliphatic rings. The lowest BCUT2D eigenvalue weighted by Crippen LogP contribution is -2.03. The Hall–Kier alpha value is -3.59. The summed E-state index contributed by atoms with van der Waals surface area (Å²) in [7, 11) is 1.56. The van der Waals surface area contributed by atoms with Crippen LogP contribution in [-0.2, 0) is 11.3 Å². The van der Waals surface area contributed by atoms with Crippen LogP contribution >= 0.6 is 0 Å². The van der Waals surface area contributed by atoms with Gasteiger partial charge in [-0.15, -0.1) is 0 Å². The van der Waals surface area contributed by atoms with Crippen LogP contribution in [0.1, 0.15) is 34.9 Å². The molecule has 156 valence electrons. The molecular formula is C22H18F2N6O. The molecule has 0 radical (unpaired) electrons. The first kappa shape index (κ1) is 19.4. The van der Waals surface area contributed by atoms with Gasteiger partial charge in [0.1, 0.15) is 5.69 Å². The molecule has 9 heteroatoms. The van der Waals surface area contributed by atoms with E-state index in [1.165, 1.54) is 10.7 Å². The lowest BCUT2D eigenvalue weighted by Gasteiger charge is -2.08. The molecule has 0 N–H and O–H groups in total. The van der Waals surface area contributed by atoms with Crippen molar-refractivity contribution in [1.29, 1.82) is 0 Å². The number of rotatable bonds is 6. The van der Waals surface area contributed by atoms with Gasteiger partial charge in [-0.3, -0.25) is 0 Å². The lowest BCUT2D eigenvalue weighted by molar-refractivity contribution is 0.185. The standard InChI is InChI=1S/C22H18F2N6O/c1-31-12-13-8-29-30(11-13)19-6-14(5-18(23)20(19)24)16-7-17(16)15-9-27-22(28-10-15)21-25-3-2-4-26-21/h2-6,8-11,16-17H,7,12H2,1H3. The molecule has 1 aliphatic carbocycles. The molecule has 0 aliphatic heterocycles. The van der Waals surface area contributed by atoms with Gasteiger partial charge in [-0.05, 0) is 47.6 Å². The summed E-state index contributed by atoms with van der Waals surface area (Å²) in [6, 6.07) is 4.64. The SMILES string of the molecule is COCc1cnn(-c2cc(C3CC3c3cnc(-c4ncccn4)nc3)cc(F)c2F)c1. The van der Waals surface area contributed by atoms with Gasteiger partial charge in [-0.2, -0.15) is 5.10 Å². The van der Waals surface area contributed by atoms with Crippen LogP contribution in [0.15, 0.2) is 55.4 Å². The zero-order valence-electron chi connectivity index (χ0n) is 16.6. The third-order valence-corrected chi connectivity index (χ3v) is 5.31. The minimum Gasteiger partial charge on any atom is -0.380 e. The average Bonchev–Trinajstić information content (AvgIpc) is 3.47. The summed E-state index contributed by atoms with van der Waals surface area (Å²) in [6.45, 7) is 0.346. The second-order valence-corrected chi connectivity index (χ2v) is 7.42. The van der Waals surface area contributed by atoms with Crippen molar-refractivity contribution < 1.29 is 13.5 Å². The molecule has 0 amide bonds. The molecule has 2 unspecified atom stereocenters. The zero-order chi connectivity index (χ0) is 21.4. The number of benzene rings is 1. The van der Waals surface area contributed by atoms with Gasteiger partial charge >= 0.3 is 0 Å². The molecule has 0 bridgehead atoms. The summed E-state index contributed by atoms with van der Waals surface area (Å²) in [6.07, 6.45) is 10.8. The quantitative estimate of drug-likeness (QED) is 0.472. The molecule has 2 atom stereocenters. The first-order chi connectivity index (χ1) is 15.1. The van der Waals surface area contributed by atoms with Crippen molar-refractivity contribution in [2.75, 3.05) is 7.11 Å². The molecule has 31 heavy (non-hydrogen) atoms. The van der Waals surface area contributed by atoms with Gasteiger partial charge in [0.05, 0.1) is 12.8 Å². The Morgan fingerprint density at radius 1 is 0.968 bits per heavy atom. The second-order valence-electron chi connectivity index (χ2n) is 7.42. The average molecular weight is 420 g/mol. The van der Waals surface area contributed by atoms with Gasteiger partial charge in [0.15, 0.2) is 23.3 Å². The third kappa shape index (κ3) is 3.79. The van der Waals surface area contributed by atoms with Crippen LogP contribution in [-0.4, -0.2) is 36.8 Å². The van der Waals surface area contributed by atoms with Gasteiger partial charge in [-0.1, -0.05) is 0 Å². The highest BCUT2D eigenvalue weighted by Crippen LogP contribution is 2.54. The molecule has 3 heterocycles. The smallest absolute Gasteiger partial charge is 0.197 e. The fourth-order valence-corrected chi connectivity index (χ4v) is 3.70. The molecule has 1 fully saturated rings. The predicted octanol–water partition coefficient (Wildman–Crippen LogP) is 3.82. The van der Waals surface area contributed by atoms with Gasteiger partial charge < -0.3 is 4.74 Å². The van der Waals surface area contributed by atoms with E-state index in [4.69, 9.17) is 4.74 Å². The van der Waals surface area contributed by atoms with E-state index in [2.05, 4.69) is 25.0 Å². The molecule has 4 aromatic rings. The van der Waals surface area contributed by atoms with E-state index >= 15 is 0 Å². The van der Waals surface area contributed by atoms with Crippen LogP contribution in [0.5, 0.6) is 0 Å². The fourth-order valence-electron chi connectivity index (χ4n) is 3.70. The van der Waals surface area contributed by atoms with Crippen molar-refractivity contribution in [3.63, 3.8) is 0 Å². The number of hydrogen-bond acceptors (Lipinski definition) is 6. The summed E-state index contributed by atoms with van der Waals surface area (Å²) in [4.78, 5) is 17.0. The van der Waals surface area contributed by atoms with Crippen molar-refractivity contribution >= 4 is 0 Å². The van der Waals surface area contributed by atoms with Gasteiger partial charge in [0.2, 0.25) is 0 Å². The van der Waals surface area contributed by atoms with Gasteiger partial charge in [-0.25, -0.2) is 33.4 Å². The van der Waals surface area contributed by atoms with Crippen molar-refractivity contribution in [3.8, 4) is 17.3 Å². The van der Waals surface area contributed by atoms with Gasteiger partial charge in [0, 0.05) is 43.7 Å². The van der Waals surface area contributed by atoms with Crippen LogP contribution in [0, 0.1) is 11.6 Å². The van der Waals surface area contributed by atoms with Crippen LogP contribution < -0.4 is 0 Å². The van der Waals surface area contributed by atoms with Crippen LogP contribution in [0.3, 0.4) is 0 Å². The Labute approximate surface area is 176 Å². The summed E-state index contributed by atoms with van der Waals surface area (Å²) in [5.41, 5.74) is 2.52. The fraction of sp³-hybridized carbons (Fsp3) is 0.227. The molecule has 0 spiro atoms. The van der Waals surface area contributed by atoms with E-state index in [-0.39, 0.29) is 17.5 Å². The Bertz CT molecular complexity index is 1210. The molecular weight excluding hydrogens is 402 g/mol.